The van der Waals surface area contributed by atoms with E-state index >= 15 is 0 Å². The zero-order valence-electron chi connectivity index (χ0n) is 15.5. The van der Waals surface area contributed by atoms with E-state index < -0.39 is 5.60 Å². The minimum absolute atomic E-state index is 0.477. The average Bonchev–Trinajstić information content (AvgIpc) is 3.33. The van der Waals surface area contributed by atoms with Crippen molar-refractivity contribution >= 4 is 16.9 Å². The Kier molecular flexibility index (Phi) is 3.84. The van der Waals surface area contributed by atoms with E-state index in [2.05, 4.69) is 15.0 Å². The number of nitrogens with zero attached hydrogens (tertiary/aromatic N) is 6. The number of anilines is 1. The number of β-amino-alcohol motifs (C(OH)–C–C–N with tert-alkyl or cyclic N) is 1. The summed E-state index contributed by atoms with van der Waals surface area (Å²) < 4.78 is 1.75. The Bertz CT molecular complexity index is 1130. The van der Waals surface area contributed by atoms with Crippen LogP contribution in [0, 0.1) is 0 Å². The first-order valence-corrected chi connectivity index (χ1v) is 9.27. The number of rotatable bonds is 3. The van der Waals surface area contributed by atoms with Crippen LogP contribution in [0.15, 0.2) is 61.1 Å². The second kappa shape index (κ2) is 6.38. The van der Waals surface area contributed by atoms with Crippen molar-refractivity contribution in [3.05, 3.63) is 66.6 Å². The molecule has 1 aliphatic heterocycles. The first-order valence-electron chi connectivity index (χ1n) is 9.27. The lowest BCUT2D eigenvalue weighted by Crippen LogP contribution is -2.31. The van der Waals surface area contributed by atoms with Gasteiger partial charge >= 0.3 is 0 Å². The van der Waals surface area contributed by atoms with Gasteiger partial charge in [0.05, 0.1) is 18.1 Å². The number of aromatic nitrogens is 5. The second-order valence-corrected chi connectivity index (χ2v) is 7.19. The van der Waals surface area contributed by atoms with Crippen LogP contribution in [0.3, 0.4) is 0 Å². The molecule has 0 radical (unpaired) electrons. The van der Waals surface area contributed by atoms with Crippen LogP contribution in [-0.2, 0) is 12.6 Å². The molecular formula is C21H20N6O. The molecule has 0 amide bonds. The molecule has 4 aromatic rings. The van der Waals surface area contributed by atoms with E-state index in [0.717, 1.165) is 28.0 Å². The number of hydrogen-bond donors (Lipinski definition) is 1. The molecule has 0 spiro atoms. The molecule has 1 fully saturated rings. The van der Waals surface area contributed by atoms with Crippen LogP contribution >= 0.6 is 0 Å². The number of aryl methyl sites for hydroxylation is 1. The quantitative estimate of drug-likeness (QED) is 0.595. The van der Waals surface area contributed by atoms with E-state index in [-0.39, 0.29) is 0 Å². The lowest BCUT2D eigenvalue weighted by Gasteiger charge is -2.24. The van der Waals surface area contributed by atoms with Gasteiger partial charge in [-0.15, -0.1) is 0 Å². The molecule has 1 aromatic carbocycles. The maximum Gasteiger partial charge on any atom is 0.165 e. The van der Waals surface area contributed by atoms with Crippen LogP contribution in [0.5, 0.6) is 0 Å². The van der Waals surface area contributed by atoms with Gasteiger partial charge in [-0.2, -0.15) is 5.10 Å². The van der Waals surface area contributed by atoms with Gasteiger partial charge in [-0.1, -0.05) is 30.3 Å². The van der Waals surface area contributed by atoms with Gasteiger partial charge in [-0.25, -0.2) is 9.97 Å². The third-order valence-electron chi connectivity index (χ3n) is 5.35. The number of fused-ring (bicyclic) bond motifs is 1. The molecule has 7 nitrogen and oxygen atoms in total. The van der Waals surface area contributed by atoms with E-state index in [1.807, 2.05) is 49.5 Å². The third kappa shape index (κ3) is 2.71. The molecule has 1 atom stereocenters. The zero-order valence-corrected chi connectivity index (χ0v) is 15.5. The fourth-order valence-electron chi connectivity index (χ4n) is 3.83. The Morgan fingerprint density at radius 2 is 1.89 bits per heavy atom. The van der Waals surface area contributed by atoms with Crippen LogP contribution in [0.25, 0.3) is 22.4 Å². The molecule has 3 aromatic heterocycles. The van der Waals surface area contributed by atoms with Gasteiger partial charge in [0.25, 0.3) is 0 Å². The van der Waals surface area contributed by atoms with Gasteiger partial charge < -0.3 is 10.0 Å². The number of aliphatic hydroxyl groups is 1. The molecular weight excluding hydrogens is 352 g/mol. The lowest BCUT2D eigenvalue weighted by molar-refractivity contribution is 0.0606. The fraction of sp³-hybridized carbons (Fsp3) is 0.238. The van der Waals surface area contributed by atoms with Crippen molar-refractivity contribution in [3.8, 4) is 11.4 Å². The van der Waals surface area contributed by atoms with Gasteiger partial charge in [-0.3, -0.25) is 9.67 Å². The highest BCUT2D eigenvalue weighted by Gasteiger charge is 2.39. The van der Waals surface area contributed by atoms with E-state index in [9.17, 15) is 5.11 Å². The molecule has 0 unspecified atom stereocenters. The molecule has 1 aliphatic rings. The van der Waals surface area contributed by atoms with Crippen molar-refractivity contribution in [2.75, 3.05) is 18.0 Å². The maximum absolute atomic E-state index is 11.2. The Morgan fingerprint density at radius 1 is 1.04 bits per heavy atom. The summed E-state index contributed by atoms with van der Waals surface area (Å²) in [6.45, 7) is 1.18. The van der Waals surface area contributed by atoms with Gasteiger partial charge in [-0.05, 0) is 24.1 Å². The zero-order chi connectivity index (χ0) is 19.1. The van der Waals surface area contributed by atoms with Crippen molar-refractivity contribution in [1.82, 2.24) is 24.7 Å². The average molecular weight is 372 g/mol. The normalized spacial score (nSPS) is 19.4. The van der Waals surface area contributed by atoms with Crippen LogP contribution in [0.4, 0.5) is 5.82 Å². The number of hydrogen-bond acceptors (Lipinski definition) is 6. The third-order valence-corrected chi connectivity index (χ3v) is 5.35. The lowest BCUT2D eigenvalue weighted by atomic mass is 9.93. The highest BCUT2D eigenvalue weighted by molar-refractivity contribution is 5.88. The summed E-state index contributed by atoms with van der Waals surface area (Å²) in [5, 5.41) is 16.5. The largest absolute Gasteiger partial charge is 0.383 e. The van der Waals surface area contributed by atoms with Crippen LogP contribution in [0.2, 0.25) is 0 Å². The standard InChI is InChI=1S/C21H20N6O/c1-26-19-17(13-23-26)20(25-18(24-19)15-6-5-10-22-12-15)27-11-9-21(28,14-27)16-7-3-2-4-8-16/h2-8,10,12-13,28H,9,11,14H2,1H3/t21-/m0/s1. The molecule has 4 heterocycles. The van der Waals surface area contributed by atoms with Gasteiger partial charge in [0.15, 0.2) is 11.5 Å². The Hall–Kier alpha value is -3.32. The van der Waals surface area contributed by atoms with Crippen molar-refractivity contribution in [2.24, 2.45) is 7.05 Å². The van der Waals surface area contributed by atoms with Gasteiger partial charge in [0.1, 0.15) is 11.4 Å². The number of benzene rings is 1. The van der Waals surface area contributed by atoms with E-state index in [0.29, 0.717) is 25.3 Å². The summed E-state index contributed by atoms with van der Waals surface area (Å²) in [6, 6.07) is 13.6. The Morgan fingerprint density at radius 3 is 2.68 bits per heavy atom. The Labute approximate surface area is 162 Å². The smallest absolute Gasteiger partial charge is 0.165 e. The summed E-state index contributed by atoms with van der Waals surface area (Å²) in [7, 11) is 1.87. The SMILES string of the molecule is Cn1ncc2c(N3CC[C@@](O)(c4ccccc4)C3)nc(-c3cccnc3)nc21. The number of pyridine rings is 1. The summed E-state index contributed by atoms with van der Waals surface area (Å²) in [5.41, 5.74) is 1.65. The molecule has 140 valence electrons. The van der Waals surface area contributed by atoms with Crippen molar-refractivity contribution < 1.29 is 5.11 Å². The molecule has 28 heavy (non-hydrogen) atoms. The monoisotopic (exact) mass is 372 g/mol. The second-order valence-electron chi connectivity index (χ2n) is 7.19. The van der Waals surface area contributed by atoms with E-state index in [1.165, 1.54) is 0 Å². The summed E-state index contributed by atoms with van der Waals surface area (Å²) >= 11 is 0. The minimum Gasteiger partial charge on any atom is -0.383 e. The van der Waals surface area contributed by atoms with Crippen molar-refractivity contribution in [1.29, 1.82) is 0 Å². The molecule has 5 rings (SSSR count). The predicted octanol–water partition coefficient (Wildman–Crippen LogP) is 2.52. The van der Waals surface area contributed by atoms with Gasteiger partial charge in [0.2, 0.25) is 0 Å². The molecule has 1 N–H and O–H groups in total. The maximum atomic E-state index is 11.2. The fourth-order valence-corrected chi connectivity index (χ4v) is 3.83. The van der Waals surface area contributed by atoms with E-state index in [4.69, 9.17) is 9.97 Å². The molecule has 0 bridgehead atoms. The summed E-state index contributed by atoms with van der Waals surface area (Å²) in [6.07, 6.45) is 5.92. The molecule has 0 saturated carbocycles. The summed E-state index contributed by atoms with van der Waals surface area (Å²) in [4.78, 5) is 15.8. The molecule has 7 heteroatoms. The topological polar surface area (TPSA) is 80.0 Å². The first kappa shape index (κ1) is 16.8. The minimum atomic E-state index is -0.894. The first-order chi connectivity index (χ1) is 13.6. The molecule has 0 aliphatic carbocycles. The van der Waals surface area contributed by atoms with Crippen molar-refractivity contribution in [3.63, 3.8) is 0 Å². The highest BCUT2D eigenvalue weighted by Crippen LogP contribution is 2.36. The predicted molar refractivity (Wildman–Crippen MR) is 107 cm³/mol. The van der Waals surface area contributed by atoms with E-state index in [1.54, 1.807) is 23.3 Å². The summed E-state index contributed by atoms with van der Waals surface area (Å²) in [5.74, 6) is 1.40. The van der Waals surface area contributed by atoms with Crippen LogP contribution < -0.4 is 4.90 Å². The van der Waals surface area contributed by atoms with Gasteiger partial charge in [0, 0.05) is 31.5 Å². The van der Waals surface area contributed by atoms with Crippen LogP contribution in [0.1, 0.15) is 12.0 Å². The highest BCUT2D eigenvalue weighted by atomic mass is 16.3. The van der Waals surface area contributed by atoms with Crippen molar-refractivity contribution in [2.45, 2.75) is 12.0 Å². The van der Waals surface area contributed by atoms with Crippen LogP contribution in [-0.4, -0.2) is 42.9 Å². The molecule has 1 saturated heterocycles. The Balaban J connectivity index is 1.59.